The quantitative estimate of drug-likeness (QED) is 0.449. The van der Waals surface area contributed by atoms with Crippen LogP contribution >= 0.6 is 0 Å². The zero-order valence-corrected chi connectivity index (χ0v) is 6.63. The third kappa shape index (κ3) is 4.06. The van der Waals surface area contributed by atoms with Gasteiger partial charge in [-0.1, -0.05) is 13.8 Å². The van der Waals surface area contributed by atoms with Crippen molar-refractivity contribution in [3.8, 4) is 0 Å². The lowest BCUT2D eigenvalue weighted by Crippen LogP contribution is -1.94. The Morgan fingerprint density at radius 3 is 2.50 bits per heavy atom. The molecule has 0 unspecified atom stereocenters. The Labute approximate surface area is 60.9 Å². The Kier molecular flexibility index (Phi) is 3.69. The molecule has 0 spiro atoms. The fraction of sp³-hybridized carbons (Fsp3) is 0.714. The van der Waals surface area contributed by atoms with E-state index in [9.17, 15) is 10.1 Å². The molecule has 0 atom stereocenters. The van der Waals surface area contributed by atoms with Crippen molar-refractivity contribution < 1.29 is 4.92 Å². The standard InChI is InChI=1S/C7H13NO2/c1-6(2)4-5-7(3)8(9)10/h5-6H,4H2,1-3H3/b7-5+. The summed E-state index contributed by atoms with van der Waals surface area (Å²) in [6.07, 6.45) is 2.44. The average molecular weight is 143 g/mol. The van der Waals surface area contributed by atoms with E-state index >= 15 is 0 Å². The molecule has 3 heteroatoms. The molecule has 0 aliphatic heterocycles. The first-order chi connectivity index (χ1) is 4.54. The summed E-state index contributed by atoms with van der Waals surface area (Å²) in [6.45, 7) is 5.58. The number of rotatable bonds is 3. The van der Waals surface area contributed by atoms with Crippen LogP contribution in [0.1, 0.15) is 27.2 Å². The maximum atomic E-state index is 10.0. The second kappa shape index (κ2) is 4.04. The lowest BCUT2D eigenvalue weighted by Gasteiger charge is -1.95. The van der Waals surface area contributed by atoms with E-state index in [-0.39, 0.29) is 10.6 Å². The van der Waals surface area contributed by atoms with Crippen LogP contribution < -0.4 is 0 Å². The van der Waals surface area contributed by atoms with Gasteiger partial charge in [-0.2, -0.15) is 0 Å². The summed E-state index contributed by atoms with van der Waals surface area (Å²) >= 11 is 0. The third-order valence-electron chi connectivity index (χ3n) is 1.17. The van der Waals surface area contributed by atoms with E-state index in [2.05, 4.69) is 0 Å². The van der Waals surface area contributed by atoms with Gasteiger partial charge in [0.2, 0.25) is 5.70 Å². The number of nitro groups is 1. The molecule has 0 saturated carbocycles. The SMILES string of the molecule is C/C(=C\CC(C)C)[N+](=O)[O-]. The summed E-state index contributed by atoms with van der Waals surface area (Å²) in [4.78, 5) is 9.69. The minimum absolute atomic E-state index is 0.244. The molecule has 3 nitrogen and oxygen atoms in total. The van der Waals surface area contributed by atoms with Gasteiger partial charge in [0, 0.05) is 6.92 Å². The molecule has 0 aromatic heterocycles. The van der Waals surface area contributed by atoms with Crippen LogP contribution in [0.4, 0.5) is 0 Å². The maximum absolute atomic E-state index is 10.0. The zero-order chi connectivity index (χ0) is 8.15. The number of hydrogen-bond donors (Lipinski definition) is 0. The van der Waals surface area contributed by atoms with Crippen LogP contribution in [0.5, 0.6) is 0 Å². The largest absolute Gasteiger partial charge is 0.259 e. The Balaban J connectivity index is 3.81. The molecule has 0 saturated heterocycles. The van der Waals surface area contributed by atoms with Crippen LogP contribution in [-0.2, 0) is 0 Å². The molecule has 0 bridgehead atoms. The molecule has 58 valence electrons. The van der Waals surface area contributed by atoms with Crippen molar-refractivity contribution >= 4 is 0 Å². The predicted molar refractivity (Wildman–Crippen MR) is 40.2 cm³/mol. The average Bonchev–Trinajstić information content (AvgIpc) is 1.82. The zero-order valence-electron chi connectivity index (χ0n) is 6.63. The van der Waals surface area contributed by atoms with E-state index in [1.165, 1.54) is 6.92 Å². The van der Waals surface area contributed by atoms with E-state index in [4.69, 9.17) is 0 Å². The topological polar surface area (TPSA) is 43.1 Å². The molecule has 0 aromatic carbocycles. The number of nitrogens with zero attached hydrogens (tertiary/aromatic N) is 1. The van der Waals surface area contributed by atoms with Crippen molar-refractivity contribution in [2.45, 2.75) is 27.2 Å². The summed E-state index contributed by atoms with van der Waals surface area (Å²) in [5, 5.41) is 10.0. The third-order valence-corrected chi connectivity index (χ3v) is 1.17. The van der Waals surface area contributed by atoms with E-state index in [1.807, 2.05) is 13.8 Å². The van der Waals surface area contributed by atoms with Crippen LogP contribution in [0.15, 0.2) is 11.8 Å². The van der Waals surface area contributed by atoms with E-state index in [0.717, 1.165) is 6.42 Å². The van der Waals surface area contributed by atoms with Crippen molar-refractivity contribution in [2.24, 2.45) is 5.92 Å². The molecule has 0 radical (unpaired) electrons. The van der Waals surface area contributed by atoms with Gasteiger partial charge in [0.25, 0.3) is 0 Å². The highest BCUT2D eigenvalue weighted by molar-refractivity contribution is 4.87. The molecule has 0 heterocycles. The summed E-state index contributed by atoms with van der Waals surface area (Å²) in [6, 6.07) is 0. The van der Waals surface area contributed by atoms with Gasteiger partial charge < -0.3 is 0 Å². The molecule has 0 rings (SSSR count). The smallest absolute Gasteiger partial charge is 0.239 e. The van der Waals surface area contributed by atoms with Gasteiger partial charge in [-0.05, 0) is 18.4 Å². The molecule has 0 aliphatic carbocycles. The Morgan fingerprint density at radius 1 is 1.70 bits per heavy atom. The van der Waals surface area contributed by atoms with Crippen molar-refractivity contribution in [3.63, 3.8) is 0 Å². The first-order valence-corrected chi connectivity index (χ1v) is 3.35. The first-order valence-electron chi connectivity index (χ1n) is 3.35. The first kappa shape index (κ1) is 9.14. The van der Waals surface area contributed by atoms with Gasteiger partial charge in [0.15, 0.2) is 0 Å². The van der Waals surface area contributed by atoms with Crippen molar-refractivity contribution in [1.29, 1.82) is 0 Å². The van der Waals surface area contributed by atoms with Crippen molar-refractivity contribution in [2.75, 3.05) is 0 Å². The van der Waals surface area contributed by atoms with E-state index in [0.29, 0.717) is 5.92 Å². The van der Waals surface area contributed by atoms with Crippen molar-refractivity contribution in [3.05, 3.63) is 21.9 Å². The molecule has 0 N–H and O–H groups in total. The highest BCUT2D eigenvalue weighted by Gasteiger charge is 2.00. The van der Waals surface area contributed by atoms with Crippen LogP contribution in [0, 0.1) is 16.0 Å². The lowest BCUT2D eigenvalue weighted by atomic mass is 10.1. The van der Waals surface area contributed by atoms with Gasteiger partial charge in [0.05, 0.1) is 4.92 Å². The van der Waals surface area contributed by atoms with Gasteiger partial charge in [-0.25, -0.2) is 0 Å². The Hall–Kier alpha value is -0.860. The lowest BCUT2D eigenvalue weighted by molar-refractivity contribution is -0.424. The second-order valence-corrected chi connectivity index (χ2v) is 2.73. The minimum Gasteiger partial charge on any atom is -0.259 e. The van der Waals surface area contributed by atoms with Gasteiger partial charge in [-0.15, -0.1) is 0 Å². The maximum Gasteiger partial charge on any atom is 0.239 e. The highest BCUT2D eigenvalue weighted by Crippen LogP contribution is 2.03. The minimum atomic E-state index is -0.359. The summed E-state index contributed by atoms with van der Waals surface area (Å²) in [5.74, 6) is 0.495. The Bertz CT molecular complexity index is 150. The van der Waals surface area contributed by atoms with Gasteiger partial charge >= 0.3 is 0 Å². The molecular formula is C7H13NO2. The highest BCUT2D eigenvalue weighted by atomic mass is 16.6. The predicted octanol–water partition coefficient (Wildman–Crippen LogP) is 2.21. The number of allylic oxidation sites excluding steroid dienone is 2. The molecule has 0 amide bonds. The second-order valence-electron chi connectivity index (χ2n) is 2.73. The van der Waals surface area contributed by atoms with E-state index in [1.54, 1.807) is 6.08 Å². The molecule has 0 aromatic rings. The van der Waals surface area contributed by atoms with Gasteiger partial charge in [0.1, 0.15) is 0 Å². The molecule has 0 aliphatic rings. The Morgan fingerprint density at radius 2 is 2.20 bits per heavy atom. The van der Waals surface area contributed by atoms with Crippen LogP contribution in [0.2, 0.25) is 0 Å². The molecule has 0 fully saturated rings. The molecule has 10 heavy (non-hydrogen) atoms. The fourth-order valence-electron chi connectivity index (χ4n) is 0.481. The monoisotopic (exact) mass is 143 g/mol. The number of hydrogen-bond acceptors (Lipinski definition) is 2. The normalized spacial score (nSPS) is 12.2. The van der Waals surface area contributed by atoms with Crippen LogP contribution in [-0.4, -0.2) is 4.92 Å². The van der Waals surface area contributed by atoms with Crippen LogP contribution in [0.25, 0.3) is 0 Å². The fourth-order valence-corrected chi connectivity index (χ4v) is 0.481. The van der Waals surface area contributed by atoms with Gasteiger partial charge in [-0.3, -0.25) is 10.1 Å². The molecular weight excluding hydrogens is 130 g/mol. The summed E-state index contributed by atoms with van der Waals surface area (Å²) in [5.41, 5.74) is 0.244. The summed E-state index contributed by atoms with van der Waals surface area (Å²) in [7, 11) is 0. The van der Waals surface area contributed by atoms with Crippen LogP contribution in [0.3, 0.4) is 0 Å². The van der Waals surface area contributed by atoms with E-state index < -0.39 is 0 Å². The van der Waals surface area contributed by atoms with Crippen molar-refractivity contribution in [1.82, 2.24) is 0 Å². The summed E-state index contributed by atoms with van der Waals surface area (Å²) < 4.78 is 0.